The predicted molar refractivity (Wildman–Crippen MR) is 112 cm³/mol. The second-order valence-corrected chi connectivity index (χ2v) is 6.92. The van der Waals surface area contributed by atoms with E-state index in [1.54, 1.807) is 41.3 Å². The van der Waals surface area contributed by atoms with Crippen molar-refractivity contribution in [2.45, 2.75) is 26.4 Å². The van der Waals surface area contributed by atoms with Gasteiger partial charge in [0.2, 0.25) is 0 Å². The molecule has 8 heteroatoms. The molecule has 1 N–H and O–H groups in total. The number of aliphatic hydroxyl groups is 1. The third kappa shape index (κ3) is 4.38. The van der Waals surface area contributed by atoms with E-state index in [2.05, 4.69) is 5.10 Å². The summed E-state index contributed by atoms with van der Waals surface area (Å²) in [6, 6.07) is 15.5. The number of aromatic nitrogens is 2. The van der Waals surface area contributed by atoms with E-state index in [1.807, 2.05) is 32.0 Å². The Labute approximate surface area is 173 Å². The Hall–Kier alpha value is -3.52. The van der Waals surface area contributed by atoms with Crippen LogP contribution in [0.1, 0.15) is 24.3 Å². The van der Waals surface area contributed by atoms with Gasteiger partial charge in [-0.15, -0.1) is 0 Å². The van der Waals surface area contributed by atoms with E-state index in [1.165, 1.54) is 0 Å². The summed E-state index contributed by atoms with van der Waals surface area (Å²) in [6.07, 6.45) is 0. The Kier molecular flexibility index (Phi) is 6.58. The minimum atomic E-state index is -0.817. The number of anilines is 1. The zero-order valence-corrected chi connectivity index (χ0v) is 16.8. The molecule has 0 radical (unpaired) electrons. The molecule has 0 saturated heterocycles. The molecule has 0 bridgehead atoms. The second-order valence-electron chi connectivity index (χ2n) is 6.92. The molecule has 1 amide bonds. The summed E-state index contributed by atoms with van der Waals surface area (Å²) in [6.45, 7) is 2.90. The maximum Gasteiger partial charge on any atom is 0.359 e. The molecule has 0 spiro atoms. The fourth-order valence-corrected chi connectivity index (χ4v) is 3.22. The van der Waals surface area contributed by atoms with Gasteiger partial charge in [-0.25, -0.2) is 9.48 Å². The predicted octanol–water partition coefficient (Wildman–Crippen LogP) is 1.99. The van der Waals surface area contributed by atoms with E-state index < -0.39 is 18.1 Å². The lowest BCUT2D eigenvalue weighted by molar-refractivity contribution is -0.122. The molecule has 0 fully saturated rings. The van der Waals surface area contributed by atoms with Gasteiger partial charge in [-0.3, -0.25) is 9.59 Å². The summed E-state index contributed by atoms with van der Waals surface area (Å²) < 4.78 is 6.27. The molecular weight excluding hydrogens is 386 g/mol. The molecule has 0 aliphatic rings. The van der Waals surface area contributed by atoms with Gasteiger partial charge in [-0.05, 0) is 32.0 Å². The highest BCUT2D eigenvalue weighted by molar-refractivity contribution is 6.03. The molecule has 0 unspecified atom stereocenters. The van der Waals surface area contributed by atoms with Gasteiger partial charge < -0.3 is 14.7 Å². The maximum atomic E-state index is 12.7. The van der Waals surface area contributed by atoms with Gasteiger partial charge in [-0.1, -0.05) is 36.4 Å². The van der Waals surface area contributed by atoms with E-state index in [4.69, 9.17) is 4.74 Å². The molecule has 0 aliphatic carbocycles. The van der Waals surface area contributed by atoms with Crippen molar-refractivity contribution in [3.8, 4) is 0 Å². The van der Waals surface area contributed by atoms with Crippen LogP contribution >= 0.6 is 0 Å². The molecule has 1 heterocycles. The molecule has 2 aromatic carbocycles. The Morgan fingerprint density at radius 1 is 1.07 bits per heavy atom. The van der Waals surface area contributed by atoms with E-state index >= 15 is 0 Å². The smallest absolute Gasteiger partial charge is 0.359 e. The normalized spacial score (nSPS) is 10.9. The fraction of sp³-hybridized carbons (Fsp3) is 0.273. The van der Waals surface area contributed by atoms with Crippen LogP contribution < -0.4 is 10.5 Å². The van der Waals surface area contributed by atoms with Crippen LogP contribution in [0.3, 0.4) is 0 Å². The number of rotatable bonds is 7. The van der Waals surface area contributed by atoms with Crippen LogP contribution in [0, 0.1) is 0 Å². The van der Waals surface area contributed by atoms with Gasteiger partial charge in [0.1, 0.15) is 0 Å². The van der Waals surface area contributed by atoms with Crippen molar-refractivity contribution in [2.24, 2.45) is 0 Å². The molecule has 0 saturated carbocycles. The molecule has 3 aromatic rings. The Morgan fingerprint density at radius 2 is 1.70 bits per heavy atom. The van der Waals surface area contributed by atoms with Crippen molar-refractivity contribution >= 4 is 28.3 Å². The summed E-state index contributed by atoms with van der Waals surface area (Å²) in [5.41, 5.74) is 0.207. The van der Waals surface area contributed by atoms with Crippen molar-refractivity contribution in [3.05, 3.63) is 70.6 Å². The molecule has 30 heavy (non-hydrogen) atoms. The van der Waals surface area contributed by atoms with Gasteiger partial charge >= 0.3 is 5.97 Å². The van der Waals surface area contributed by atoms with E-state index in [0.717, 1.165) is 4.68 Å². The Morgan fingerprint density at radius 3 is 2.33 bits per heavy atom. The largest absolute Gasteiger partial charge is 0.451 e. The Balaban J connectivity index is 1.85. The summed E-state index contributed by atoms with van der Waals surface area (Å²) >= 11 is 0. The van der Waals surface area contributed by atoms with Gasteiger partial charge in [-0.2, -0.15) is 5.10 Å². The molecule has 1 aromatic heterocycles. The third-order valence-corrected chi connectivity index (χ3v) is 4.52. The zero-order chi connectivity index (χ0) is 21.7. The number of nitrogens with zero attached hydrogens (tertiary/aromatic N) is 3. The van der Waals surface area contributed by atoms with Crippen molar-refractivity contribution in [2.75, 3.05) is 18.1 Å². The fourth-order valence-electron chi connectivity index (χ4n) is 3.22. The van der Waals surface area contributed by atoms with Crippen LogP contribution in [0.5, 0.6) is 0 Å². The monoisotopic (exact) mass is 409 g/mol. The zero-order valence-electron chi connectivity index (χ0n) is 16.8. The highest BCUT2D eigenvalue weighted by atomic mass is 16.5. The number of ether oxygens (including phenoxy) is 1. The summed E-state index contributed by atoms with van der Waals surface area (Å²) in [5, 5.41) is 13.8. The first-order valence-electron chi connectivity index (χ1n) is 9.59. The van der Waals surface area contributed by atoms with E-state index in [0.29, 0.717) is 11.1 Å². The van der Waals surface area contributed by atoms with E-state index in [-0.39, 0.29) is 36.2 Å². The highest BCUT2D eigenvalue weighted by Gasteiger charge is 2.23. The first kappa shape index (κ1) is 21.2. The van der Waals surface area contributed by atoms with Crippen LogP contribution in [-0.4, -0.2) is 46.0 Å². The number of esters is 1. The minimum absolute atomic E-state index is 0.0575. The van der Waals surface area contributed by atoms with Crippen LogP contribution in [-0.2, 0) is 16.1 Å². The molecular formula is C22H23N3O5. The van der Waals surface area contributed by atoms with Crippen LogP contribution in [0.2, 0.25) is 0 Å². The maximum absolute atomic E-state index is 12.7. The molecule has 0 aliphatic heterocycles. The first-order chi connectivity index (χ1) is 14.4. The number of para-hydroxylation sites is 1. The number of hydrogen-bond donors (Lipinski definition) is 1. The summed E-state index contributed by atoms with van der Waals surface area (Å²) in [4.78, 5) is 39.5. The number of hydrogen-bond acceptors (Lipinski definition) is 6. The van der Waals surface area contributed by atoms with Crippen LogP contribution in [0.4, 0.5) is 5.69 Å². The number of carbonyl (C=O) groups is 2. The first-order valence-corrected chi connectivity index (χ1v) is 9.59. The number of benzene rings is 2. The van der Waals surface area contributed by atoms with Gasteiger partial charge in [0.15, 0.2) is 12.3 Å². The third-order valence-electron chi connectivity index (χ3n) is 4.52. The van der Waals surface area contributed by atoms with E-state index in [9.17, 15) is 19.5 Å². The molecule has 3 rings (SSSR count). The van der Waals surface area contributed by atoms with Gasteiger partial charge in [0, 0.05) is 17.1 Å². The number of fused-ring (bicyclic) bond motifs is 1. The highest BCUT2D eigenvalue weighted by Crippen LogP contribution is 2.18. The van der Waals surface area contributed by atoms with Gasteiger partial charge in [0.05, 0.1) is 18.5 Å². The topological polar surface area (TPSA) is 102 Å². The average molecular weight is 409 g/mol. The van der Waals surface area contributed by atoms with Crippen LogP contribution in [0.15, 0.2) is 59.4 Å². The van der Waals surface area contributed by atoms with Crippen molar-refractivity contribution < 1.29 is 19.4 Å². The lowest BCUT2D eigenvalue weighted by atomic mass is 10.1. The number of aliphatic hydroxyl groups excluding tert-OH is 1. The van der Waals surface area contributed by atoms with Crippen molar-refractivity contribution in [1.29, 1.82) is 0 Å². The van der Waals surface area contributed by atoms with Crippen LogP contribution in [0.25, 0.3) is 10.8 Å². The average Bonchev–Trinajstić information content (AvgIpc) is 2.75. The van der Waals surface area contributed by atoms with Crippen molar-refractivity contribution in [1.82, 2.24) is 9.78 Å². The van der Waals surface area contributed by atoms with Gasteiger partial charge in [0.25, 0.3) is 11.5 Å². The quantitative estimate of drug-likeness (QED) is 0.599. The standard InChI is InChI=1S/C22H23N3O5/c1-15(2)25(16-8-4-3-5-9-16)19(27)14-30-22(29)20-17-10-6-7-11-18(17)21(28)24(23-20)12-13-26/h3-11,15,26H,12-14H2,1-2H3. The molecule has 8 nitrogen and oxygen atoms in total. The SMILES string of the molecule is CC(C)N(C(=O)COC(=O)c1nn(CCO)c(=O)c2ccccc12)c1ccccc1. The molecule has 0 atom stereocenters. The summed E-state index contributed by atoms with van der Waals surface area (Å²) in [7, 11) is 0. The lowest BCUT2D eigenvalue weighted by Crippen LogP contribution is -2.40. The Bertz CT molecular complexity index is 1110. The second kappa shape index (κ2) is 9.32. The molecule has 156 valence electrons. The van der Waals surface area contributed by atoms with Crippen molar-refractivity contribution in [3.63, 3.8) is 0 Å². The minimum Gasteiger partial charge on any atom is -0.451 e. The number of carbonyl (C=O) groups excluding carboxylic acids is 2. The summed E-state index contributed by atoms with van der Waals surface area (Å²) in [5.74, 6) is -1.19. The number of amides is 1. The lowest BCUT2D eigenvalue weighted by Gasteiger charge is -2.26.